The minimum absolute atomic E-state index is 0.00124. The van der Waals surface area contributed by atoms with Gasteiger partial charge in [-0.2, -0.15) is 0 Å². The monoisotopic (exact) mass is 404 g/mol. The van der Waals surface area contributed by atoms with Crippen molar-refractivity contribution in [1.29, 1.82) is 0 Å². The number of hydrogen-bond acceptors (Lipinski definition) is 4. The Morgan fingerprint density at radius 3 is 2.66 bits per heavy atom. The van der Waals surface area contributed by atoms with Crippen LogP contribution in [0.4, 0.5) is 4.39 Å². The van der Waals surface area contributed by atoms with E-state index in [0.29, 0.717) is 18.4 Å². The molecule has 29 heavy (non-hydrogen) atoms. The maximum atomic E-state index is 12.9. The fraction of sp³-hybridized carbons (Fsp3) is 0.591. The molecule has 1 heterocycles. The van der Waals surface area contributed by atoms with E-state index in [1.165, 1.54) is 18.6 Å². The van der Waals surface area contributed by atoms with Crippen molar-refractivity contribution in [3.8, 4) is 0 Å². The fourth-order valence-corrected chi connectivity index (χ4v) is 4.31. The summed E-state index contributed by atoms with van der Waals surface area (Å²) in [6, 6.07) is 5.97. The molecular weight excluding hydrogens is 375 g/mol. The van der Waals surface area contributed by atoms with Gasteiger partial charge in [-0.05, 0) is 36.0 Å². The number of nitrogens with zero attached hydrogens (tertiary/aromatic N) is 1. The van der Waals surface area contributed by atoms with Crippen LogP contribution in [0.2, 0.25) is 0 Å². The van der Waals surface area contributed by atoms with Gasteiger partial charge in [-0.1, -0.05) is 38.8 Å². The minimum Gasteiger partial charge on any atom is -0.455 e. The van der Waals surface area contributed by atoms with Gasteiger partial charge in [0.1, 0.15) is 5.82 Å². The van der Waals surface area contributed by atoms with Gasteiger partial charge in [-0.25, -0.2) is 4.39 Å². The summed E-state index contributed by atoms with van der Waals surface area (Å²) in [7, 11) is 0. The zero-order chi connectivity index (χ0) is 21.0. The van der Waals surface area contributed by atoms with Crippen LogP contribution in [0.5, 0.6) is 0 Å². The molecule has 0 bridgehead atoms. The molecule has 0 aromatic heterocycles. The molecule has 1 aromatic rings. The van der Waals surface area contributed by atoms with Crippen LogP contribution in [0, 0.1) is 23.6 Å². The highest BCUT2D eigenvalue weighted by Gasteiger charge is 2.42. The average molecular weight is 404 g/mol. The minimum atomic E-state index is -0.517. The van der Waals surface area contributed by atoms with Crippen LogP contribution in [-0.4, -0.2) is 41.9 Å². The Morgan fingerprint density at radius 1 is 1.21 bits per heavy atom. The second-order valence-corrected chi connectivity index (χ2v) is 8.29. The molecule has 0 unspecified atom stereocenters. The first-order chi connectivity index (χ1) is 13.8. The van der Waals surface area contributed by atoms with Crippen molar-refractivity contribution >= 4 is 17.8 Å². The smallest absolute Gasteiger partial charge is 0.311 e. The number of carbonyl (C=O) groups is 3. The second-order valence-electron chi connectivity index (χ2n) is 8.29. The molecule has 2 aliphatic rings. The molecule has 1 aromatic carbocycles. The van der Waals surface area contributed by atoms with E-state index in [2.05, 4.69) is 19.2 Å². The topological polar surface area (TPSA) is 75.7 Å². The van der Waals surface area contributed by atoms with Crippen LogP contribution in [0.15, 0.2) is 24.3 Å². The van der Waals surface area contributed by atoms with Gasteiger partial charge in [-0.15, -0.1) is 0 Å². The summed E-state index contributed by atoms with van der Waals surface area (Å²) in [6.07, 6.45) is 3.40. The summed E-state index contributed by atoms with van der Waals surface area (Å²) < 4.78 is 18.0. The molecule has 0 radical (unpaired) electrons. The molecule has 2 fully saturated rings. The summed E-state index contributed by atoms with van der Waals surface area (Å²) in [5.74, 6) is -0.813. The first kappa shape index (κ1) is 21.3. The molecule has 1 saturated carbocycles. The molecule has 7 heteroatoms. The number of ether oxygens (including phenoxy) is 1. The van der Waals surface area contributed by atoms with Crippen molar-refractivity contribution in [3.05, 3.63) is 35.6 Å². The molecule has 1 saturated heterocycles. The van der Waals surface area contributed by atoms with Crippen molar-refractivity contribution < 1.29 is 23.5 Å². The molecule has 3 rings (SSSR count). The normalized spacial score (nSPS) is 27.0. The highest BCUT2D eigenvalue weighted by atomic mass is 19.1. The first-order valence-electron chi connectivity index (χ1n) is 10.3. The Kier molecular flexibility index (Phi) is 6.87. The van der Waals surface area contributed by atoms with E-state index in [9.17, 15) is 18.8 Å². The van der Waals surface area contributed by atoms with Crippen LogP contribution in [0.25, 0.3) is 0 Å². The number of carbonyl (C=O) groups excluding carboxylic acids is 3. The zero-order valence-electron chi connectivity index (χ0n) is 17.0. The van der Waals surface area contributed by atoms with Crippen LogP contribution in [0.1, 0.15) is 45.1 Å². The van der Waals surface area contributed by atoms with Gasteiger partial charge in [-0.3, -0.25) is 14.4 Å². The van der Waals surface area contributed by atoms with Gasteiger partial charge >= 0.3 is 5.97 Å². The number of esters is 1. The van der Waals surface area contributed by atoms with E-state index >= 15 is 0 Å². The number of nitrogens with one attached hydrogen (secondary N) is 1. The van der Waals surface area contributed by atoms with Crippen LogP contribution in [0.3, 0.4) is 0 Å². The van der Waals surface area contributed by atoms with E-state index in [1.807, 2.05) is 4.90 Å². The maximum absolute atomic E-state index is 12.9. The lowest BCUT2D eigenvalue weighted by Crippen LogP contribution is -2.45. The molecule has 2 amide bonds. The molecule has 6 nitrogen and oxygen atoms in total. The first-order valence-corrected chi connectivity index (χ1v) is 10.3. The highest BCUT2D eigenvalue weighted by molar-refractivity contribution is 5.88. The van der Waals surface area contributed by atoms with Crippen molar-refractivity contribution in [2.45, 2.75) is 52.1 Å². The van der Waals surface area contributed by atoms with Crippen molar-refractivity contribution in [2.24, 2.45) is 17.8 Å². The third kappa shape index (κ3) is 5.34. The second kappa shape index (κ2) is 9.37. The lowest BCUT2D eigenvalue weighted by atomic mass is 9.77. The SMILES string of the molecule is C[C@H]1[C@H](N2C[C@H](C(=O)OCC(=O)NCc3ccc(F)cc3)CC2=O)CCC[C@@H]1C. The number of rotatable bonds is 6. The van der Waals surface area contributed by atoms with Crippen LogP contribution < -0.4 is 5.32 Å². The Labute approximate surface area is 170 Å². The summed E-state index contributed by atoms with van der Waals surface area (Å²) in [5.41, 5.74) is 0.749. The van der Waals surface area contributed by atoms with Crippen molar-refractivity contribution in [1.82, 2.24) is 10.2 Å². The predicted octanol–water partition coefficient (Wildman–Crippen LogP) is 2.66. The number of amides is 2. The predicted molar refractivity (Wildman–Crippen MR) is 105 cm³/mol. The summed E-state index contributed by atoms with van der Waals surface area (Å²) in [4.78, 5) is 38.6. The van der Waals surface area contributed by atoms with E-state index in [4.69, 9.17) is 4.74 Å². The summed E-state index contributed by atoms with van der Waals surface area (Å²) >= 11 is 0. The molecule has 1 aliphatic heterocycles. The summed E-state index contributed by atoms with van der Waals surface area (Å²) in [5, 5.41) is 2.63. The van der Waals surface area contributed by atoms with Crippen molar-refractivity contribution in [2.75, 3.05) is 13.2 Å². The number of benzene rings is 1. The highest BCUT2D eigenvalue weighted by Crippen LogP contribution is 2.35. The zero-order valence-corrected chi connectivity index (χ0v) is 17.0. The number of hydrogen-bond donors (Lipinski definition) is 1. The Morgan fingerprint density at radius 2 is 1.93 bits per heavy atom. The Balaban J connectivity index is 1.44. The molecule has 4 atom stereocenters. The lowest BCUT2D eigenvalue weighted by Gasteiger charge is -2.39. The molecular formula is C22H29FN2O4. The molecule has 158 valence electrons. The van der Waals surface area contributed by atoms with Gasteiger partial charge in [0, 0.05) is 25.6 Å². The number of likely N-dealkylation sites (tertiary alicyclic amines) is 1. The Hall–Kier alpha value is -2.44. The van der Waals surface area contributed by atoms with E-state index in [0.717, 1.165) is 18.4 Å². The van der Waals surface area contributed by atoms with Gasteiger partial charge in [0.2, 0.25) is 5.91 Å². The molecule has 0 spiro atoms. The van der Waals surface area contributed by atoms with E-state index in [1.54, 1.807) is 12.1 Å². The third-order valence-electron chi connectivity index (χ3n) is 6.30. The fourth-order valence-electron chi connectivity index (χ4n) is 4.31. The van der Waals surface area contributed by atoms with Gasteiger partial charge in [0.05, 0.1) is 5.92 Å². The summed E-state index contributed by atoms with van der Waals surface area (Å²) in [6.45, 7) is 4.61. The molecule has 1 aliphatic carbocycles. The van der Waals surface area contributed by atoms with Crippen molar-refractivity contribution in [3.63, 3.8) is 0 Å². The van der Waals surface area contributed by atoms with E-state index in [-0.39, 0.29) is 37.3 Å². The van der Waals surface area contributed by atoms with Crippen LogP contribution >= 0.6 is 0 Å². The van der Waals surface area contributed by atoms with Gasteiger partial charge in [0.15, 0.2) is 6.61 Å². The van der Waals surface area contributed by atoms with Gasteiger partial charge < -0.3 is 15.0 Å². The third-order valence-corrected chi connectivity index (χ3v) is 6.30. The van der Waals surface area contributed by atoms with E-state index < -0.39 is 17.8 Å². The lowest BCUT2D eigenvalue weighted by molar-refractivity contribution is -0.152. The maximum Gasteiger partial charge on any atom is 0.311 e. The molecule has 1 N–H and O–H groups in total. The quantitative estimate of drug-likeness (QED) is 0.740. The average Bonchev–Trinajstić information content (AvgIpc) is 3.09. The standard InChI is InChI=1S/C22H29FN2O4/c1-14-4-3-5-19(15(14)2)25-12-17(10-21(25)27)22(28)29-13-20(26)24-11-16-6-8-18(23)9-7-16/h6-9,14-15,17,19H,3-5,10-13H2,1-2H3,(H,24,26)/t14-,15+,17+,19+/m0/s1. The van der Waals surface area contributed by atoms with Gasteiger partial charge in [0.25, 0.3) is 5.91 Å². The Bertz CT molecular complexity index is 752. The van der Waals surface area contributed by atoms with Crippen LogP contribution in [-0.2, 0) is 25.7 Å². The largest absolute Gasteiger partial charge is 0.455 e. The number of halogens is 1.